The molecule has 0 radical (unpaired) electrons. The van der Waals surface area contributed by atoms with Crippen LogP contribution in [0.3, 0.4) is 0 Å². The molecular formula is C16H24N2OS. The van der Waals surface area contributed by atoms with E-state index in [-0.39, 0.29) is 16.6 Å². The van der Waals surface area contributed by atoms with E-state index in [0.29, 0.717) is 6.42 Å². The third-order valence-electron chi connectivity index (χ3n) is 3.76. The van der Waals surface area contributed by atoms with Crippen LogP contribution >= 0.6 is 11.8 Å². The predicted octanol–water partition coefficient (Wildman–Crippen LogP) is 3.12. The number of nitrogens with two attached hydrogens (primary N) is 1. The Balaban J connectivity index is 1.95. The molecule has 20 heavy (non-hydrogen) atoms. The maximum absolute atomic E-state index is 12.4. The molecule has 0 bridgehead atoms. The third-order valence-corrected chi connectivity index (χ3v) is 5.06. The summed E-state index contributed by atoms with van der Waals surface area (Å²) in [4.78, 5) is 14.4. The lowest BCUT2D eigenvalue weighted by atomic mass is 9.96. The van der Waals surface area contributed by atoms with Crippen LogP contribution in [-0.2, 0) is 4.79 Å². The fraction of sp³-hybridized carbons (Fsp3) is 0.562. The van der Waals surface area contributed by atoms with Gasteiger partial charge in [0.15, 0.2) is 0 Å². The Hall–Kier alpha value is -1.16. The van der Waals surface area contributed by atoms with Crippen molar-refractivity contribution in [2.45, 2.75) is 37.9 Å². The van der Waals surface area contributed by atoms with E-state index in [2.05, 4.69) is 20.8 Å². The molecule has 0 aromatic heterocycles. The zero-order valence-corrected chi connectivity index (χ0v) is 13.4. The lowest BCUT2D eigenvalue weighted by Gasteiger charge is -2.38. The van der Waals surface area contributed by atoms with Crippen LogP contribution in [0, 0.1) is 0 Å². The highest BCUT2D eigenvalue weighted by molar-refractivity contribution is 8.00. The topological polar surface area (TPSA) is 46.3 Å². The van der Waals surface area contributed by atoms with E-state index >= 15 is 0 Å². The molecule has 1 aromatic rings. The molecule has 2 N–H and O–H groups in total. The summed E-state index contributed by atoms with van der Waals surface area (Å²) >= 11 is 1.95. The average Bonchev–Trinajstić information content (AvgIpc) is 2.38. The fourth-order valence-electron chi connectivity index (χ4n) is 2.56. The van der Waals surface area contributed by atoms with Crippen LogP contribution in [0.25, 0.3) is 0 Å². The number of anilines is 1. The van der Waals surface area contributed by atoms with Gasteiger partial charge in [0, 0.05) is 35.7 Å². The summed E-state index contributed by atoms with van der Waals surface area (Å²) in [7, 11) is 0. The molecule has 1 saturated heterocycles. The van der Waals surface area contributed by atoms with Crippen LogP contribution in [0.5, 0.6) is 0 Å². The first-order chi connectivity index (χ1) is 9.37. The van der Waals surface area contributed by atoms with E-state index in [1.807, 2.05) is 40.9 Å². The Kier molecular flexibility index (Phi) is 4.63. The van der Waals surface area contributed by atoms with Gasteiger partial charge in [0.2, 0.25) is 5.91 Å². The van der Waals surface area contributed by atoms with Crippen molar-refractivity contribution in [3.05, 3.63) is 29.8 Å². The van der Waals surface area contributed by atoms with E-state index < -0.39 is 0 Å². The molecular weight excluding hydrogens is 268 g/mol. The number of carbonyl (C=O) groups is 1. The summed E-state index contributed by atoms with van der Waals surface area (Å²) in [5.74, 6) is 1.54. The van der Waals surface area contributed by atoms with Crippen LogP contribution in [-0.4, -0.2) is 34.4 Å². The SMILES string of the molecule is CC(CC(=O)N1CCSC(C)(C)C1)c1ccc(N)cc1. The van der Waals surface area contributed by atoms with Crippen LogP contribution in [0.2, 0.25) is 0 Å². The lowest BCUT2D eigenvalue weighted by molar-refractivity contribution is -0.131. The van der Waals surface area contributed by atoms with Crippen molar-refractivity contribution < 1.29 is 4.79 Å². The molecule has 3 nitrogen and oxygen atoms in total. The highest BCUT2D eigenvalue weighted by Crippen LogP contribution is 2.30. The van der Waals surface area contributed by atoms with Gasteiger partial charge in [-0.3, -0.25) is 4.79 Å². The van der Waals surface area contributed by atoms with Gasteiger partial charge in [-0.15, -0.1) is 0 Å². The van der Waals surface area contributed by atoms with Crippen molar-refractivity contribution in [1.29, 1.82) is 0 Å². The molecule has 1 unspecified atom stereocenters. The maximum atomic E-state index is 12.4. The first-order valence-corrected chi connectivity index (χ1v) is 8.13. The van der Waals surface area contributed by atoms with Crippen molar-refractivity contribution in [2.24, 2.45) is 0 Å². The molecule has 2 rings (SSSR count). The number of hydrogen-bond acceptors (Lipinski definition) is 3. The van der Waals surface area contributed by atoms with Gasteiger partial charge in [-0.25, -0.2) is 0 Å². The summed E-state index contributed by atoms with van der Waals surface area (Å²) in [5, 5.41) is 0. The molecule has 1 amide bonds. The Morgan fingerprint density at radius 1 is 1.40 bits per heavy atom. The van der Waals surface area contributed by atoms with E-state index in [4.69, 9.17) is 5.73 Å². The highest BCUT2D eigenvalue weighted by atomic mass is 32.2. The van der Waals surface area contributed by atoms with Gasteiger partial charge in [0.1, 0.15) is 0 Å². The van der Waals surface area contributed by atoms with Crippen molar-refractivity contribution in [3.8, 4) is 0 Å². The largest absolute Gasteiger partial charge is 0.399 e. The zero-order valence-electron chi connectivity index (χ0n) is 12.6. The second-order valence-corrected chi connectivity index (χ2v) is 8.00. The number of hydrogen-bond donors (Lipinski definition) is 1. The third kappa shape index (κ3) is 3.92. The highest BCUT2D eigenvalue weighted by Gasteiger charge is 2.30. The van der Waals surface area contributed by atoms with Gasteiger partial charge >= 0.3 is 0 Å². The van der Waals surface area contributed by atoms with E-state index in [1.165, 1.54) is 5.56 Å². The van der Waals surface area contributed by atoms with E-state index in [0.717, 1.165) is 24.5 Å². The molecule has 1 fully saturated rings. The summed E-state index contributed by atoms with van der Waals surface area (Å²) in [6, 6.07) is 7.83. The number of carbonyl (C=O) groups excluding carboxylic acids is 1. The lowest BCUT2D eigenvalue weighted by Crippen LogP contribution is -2.46. The molecule has 1 aliphatic heterocycles. The molecule has 1 aliphatic rings. The smallest absolute Gasteiger partial charge is 0.223 e. The van der Waals surface area contributed by atoms with Crippen LogP contribution < -0.4 is 5.73 Å². The van der Waals surface area contributed by atoms with Gasteiger partial charge in [-0.1, -0.05) is 19.1 Å². The predicted molar refractivity (Wildman–Crippen MR) is 87.0 cm³/mol. The number of thioether (sulfide) groups is 1. The summed E-state index contributed by atoms with van der Waals surface area (Å²) in [5.41, 5.74) is 7.64. The Labute approximate surface area is 125 Å². The molecule has 1 heterocycles. The van der Waals surface area contributed by atoms with Crippen LogP contribution in [0.4, 0.5) is 5.69 Å². The summed E-state index contributed by atoms with van der Waals surface area (Å²) in [6.07, 6.45) is 0.574. The maximum Gasteiger partial charge on any atom is 0.223 e. The minimum Gasteiger partial charge on any atom is -0.399 e. The van der Waals surface area contributed by atoms with E-state index in [9.17, 15) is 4.79 Å². The van der Waals surface area contributed by atoms with Gasteiger partial charge in [0.05, 0.1) is 0 Å². The number of nitrogen functional groups attached to an aromatic ring is 1. The Bertz CT molecular complexity index is 470. The summed E-state index contributed by atoms with van der Waals surface area (Å²) in [6.45, 7) is 8.25. The Morgan fingerprint density at radius 2 is 2.05 bits per heavy atom. The minimum atomic E-state index is 0.179. The molecule has 4 heteroatoms. The molecule has 1 atom stereocenters. The number of rotatable bonds is 3. The van der Waals surface area contributed by atoms with Crippen molar-refractivity contribution in [1.82, 2.24) is 4.90 Å². The molecule has 0 spiro atoms. The average molecular weight is 292 g/mol. The first kappa shape index (κ1) is 15.2. The molecule has 1 aromatic carbocycles. The van der Waals surface area contributed by atoms with Crippen molar-refractivity contribution in [3.63, 3.8) is 0 Å². The fourth-order valence-corrected chi connectivity index (χ4v) is 3.67. The monoisotopic (exact) mass is 292 g/mol. The quantitative estimate of drug-likeness (QED) is 0.871. The molecule has 110 valence electrons. The van der Waals surface area contributed by atoms with Crippen molar-refractivity contribution in [2.75, 3.05) is 24.6 Å². The van der Waals surface area contributed by atoms with Crippen LogP contribution in [0.15, 0.2) is 24.3 Å². The normalized spacial score (nSPS) is 19.6. The van der Waals surface area contributed by atoms with Crippen molar-refractivity contribution >= 4 is 23.4 Å². The number of amides is 1. The number of nitrogens with zero attached hydrogens (tertiary/aromatic N) is 1. The second kappa shape index (κ2) is 6.08. The minimum absolute atomic E-state index is 0.179. The van der Waals surface area contributed by atoms with Gasteiger partial charge in [0.25, 0.3) is 0 Å². The first-order valence-electron chi connectivity index (χ1n) is 7.14. The Morgan fingerprint density at radius 3 is 2.65 bits per heavy atom. The van der Waals surface area contributed by atoms with Crippen LogP contribution in [0.1, 0.15) is 38.7 Å². The van der Waals surface area contributed by atoms with E-state index in [1.54, 1.807) is 0 Å². The zero-order chi connectivity index (χ0) is 14.8. The van der Waals surface area contributed by atoms with Gasteiger partial charge < -0.3 is 10.6 Å². The van der Waals surface area contributed by atoms with Gasteiger partial charge in [-0.05, 0) is 37.5 Å². The number of benzene rings is 1. The molecule has 0 saturated carbocycles. The standard InChI is InChI=1S/C16H24N2OS/c1-12(13-4-6-14(17)7-5-13)10-15(19)18-8-9-20-16(2,3)11-18/h4-7,12H,8-11,17H2,1-3H3. The van der Waals surface area contributed by atoms with Gasteiger partial charge in [-0.2, -0.15) is 11.8 Å². The molecule has 0 aliphatic carbocycles. The second-order valence-electron chi connectivity index (χ2n) is 6.20. The summed E-state index contributed by atoms with van der Waals surface area (Å²) < 4.78 is 0.179.